The van der Waals surface area contributed by atoms with Crippen LogP contribution in [0.5, 0.6) is 0 Å². The van der Waals surface area contributed by atoms with Crippen LogP contribution in [0.2, 0.25) is 0 Å². The first kappa shape index (κ1) is 16.1. The molecule has 0 aliphatic rings. The highest BCUT2D eigenvalue weighted by Crippen LogP contribution is 2.15. The van der Waals surface area contributed by atoms with Gasteiger partial charge >= 0.3 is 0 Å². The van der Waals surface area contributed by atoms with E-state index in [-0.39, 0.29) is 0 Å². The quantitative estimate of drug-likeness (QED) is 0.827. The summed E-state index contributed by atoms with van der Waals surface area (Å²) in [7, 11) is 3.89. The molecule has 0 aromatic heterocycles. The second-order valence-corrected chi connectivity index (χ2v) is 5.14. The first-order valence-corrected chi connectivity index (χ1v) is 6.98. The summed E-state index contributed by atoms with van der Waals surface area (Å²) >= 11 is 0. The molecule has 2 heteroatoms. The lowest BCUT2D eigenvalue weighted by atomic mass is 10.1. The zero-order chi connectivity index (χ0) is 15.1. The van der Waals surface area contributed by atoms with E-state index in [9.17, 15) is 0 Å². The topological polar surface area (TPSA) is 24.1 Å². The Kier molecular flexibility index (Phi) is 6.10. The van der Waals surface area contributed by atoms with Crippen molar-refractivity contribution in [3.63, 3.8) is 0 Å². The number of anilines is 2. The molecule has 2 nitrogen and oxygen atoms in total. The summed E-state index contributed by atoms with van der Waals surface area (Å²) in [5.41, 5.74) is 7.66. The van der Waals surface area contributed by atoms with Gasteiger partial charge in [-0.15, -0.1) is 0 Å². The molecule has 0 bridgehead atoms. The minimum atomic E-state index is 1.21. The van der Waals surface area contributed by atoms with Crippen LogP contribution in [0.1, 0.15) is 22.3 Å². The average Bonchev–Trinajstić information content (AvgIpc) is 2.42. The monoisotopic (exact) mass is 270 g/mol. The Morgan fingerprint density at radius 2 is 1.15 bits per heavy atom. The van der Waals surface area contributed by atoms with E-state index in [2.05, 4.69) is 74.7 Å². The second-order valence-electron chi connectivity index (χ2n) is 5.14. The van der Waals surface area contributed by atoms with Gasteiger partial charge in [0.1, 0.15) is 0 Å². The molecule has 0 aliphatic heterocycles. The Labute approximate surface area is 123 Å². The molecule has 0 fully saturated rings. The molecule has 2 aromatic carbocycles. The van der Waals surface area contributed by atoms with Gasteiger partial charge in [0.2, 0.25) is 0 Å². The molecule has 0 amide bonds. The van der Waals surface area contributed by atoms with E-state index in [0.29, 0.717) is 0 Å². The Bertz CT molecular complexity index is 559. The van der Waals surface area contributed by atoms with Crippen LogP contribution in [0.15, 0.2) is 36.4 Å². The van der Waals surface area contributed by atoms with Crippen LogP contribution in [-0.4, -0.2) is 14.1 Å². The number of benzene rings is 2. The Morgan fingerprint density at radius 1 is 0.600 bits per heavy atom. The lowest BCUT2D eigenvalue weighted by Gasteiger charge is -2.04. The summed E-state index contributed by atoms with van der Waals surface area (Å²) in [5, 5.41) is 6.26. The van der Waals surface area contributed by atoms with Crippen molar-refractivity contribution in [3.8, 4) is 0 Å². The van der Waals surface area contributed by atoms with Crippen LogP contribution in [0.4, 0.5) is 11.4 Å². The molecule has 0 heterocycles. The molecule has 0 aliphatic carbocycles. The summed E-state index contributed by atoms with van der Waals surface area (Å²) in [6.07, 6.45) is 0. The van der Waals surface area contributed by atoms with Crippen molar-refractivity contribution in [1.82, 2.24) is 0 Å². The summed E-state index contributed by atoms with van der Waals surface area (Å²) in [4.78, 5) is 0. The lowest BCUT2D eigenvalue weighted by Crippen LogP contribution is -1.91. The third-order valence-electron chi connectivity index (χ3n) is 3.31. The van der Waals surface area contributed by atoms with Crippen LogP contribution in [-0.2, 0) is 0 Å². The van der Waals surface area contributed by atoms with E-state index >= 15 is 0 Å². The molecule has 108 valence electrons. The van der Waals surface area contributed by atoms with Gasteiger partial charge in [0.15, 0.2) is 0 Å². The van der Waals surface area contributed by atoms with Crippen LogP contribution < -0.4 is 10.6 Å². The zero-order valence-corrected chi connectivity index (χ0v) is 13.5. The van der Waals surface area contributed by atoms with Gasteiger partial charge in [0.25, 0.3) is 0 Å². The van der Waals surface area contributed by atoms with Crippen LogP contribution in [0, 0.1) is 27.7 Å². The van der Waals surface area contributed by atoms with Crippen molar-refractivity contribution in [2.24, 2.45) is 0 Å². The standard InChI is InChI=1S/2C9H13N/c1-7-4-5-9(10-3)8(2)6-7;1-7-4-5-8(2)9(6-7)10-3/h2*4-6,10H,1-3H3. The van der Waals surface area contributed by atoms with Gasteiger partial charge in [-0.1, -0.05) is 29.8 Å². The first-order valence-electron chi connectivity index (χ1n) is 6.98. The van der Waals surface area contributed by atoms with E-state index in [1.165, 1.54) is 33.6 Å². The van der Waals surface area contributed by atoms with Gasteiger partial charge in [0, 0.05) is 25.5 Å². The normalized spacial score (nSPS) is 9.50. The van der Waals surface area contributed by atoms with Crippen molar-refractivity contribution in [1.29, 1.82) is 0 Å². The number of hydrogen-bond donors (Lipinski definition) is 2. The molecule has 0 saturated carbocycles. The number of hydrogen-bond acceptors (Lipinski definition) is 2. The SMILES string of the molecule is CNc1cc(C)ccc1C.CNc1ccc(C)cc1C. The van der Waals surface area contributed by atoms with E-state index in [0.717, 1.165) is 0 Å². The highest BCUT2D eigenvalue weighted by molar-refractivity contribution is 5.52. The Morgan fingerprint density at radius 3 is 1.65 bits per heavy atom. The highest BCUT2D eigenvalue weighted by atomic mass is 14.8. The van der Waals surface area contributed by atoms with E-state index in [1.54, 1.807) is 0 Å². The second kappa shape index (κ2) is 7.59. The van der Waals surface area contributed by atoms with Crippen LogP contribution in [0.25, 0.3) is 0 Å². The fourth-order valence-corrected chi connectivity index (χ4v) is 2.10. The number of aryl methyl sites for hydroxylation is 4. The zero-order valence-electron chi connectivity index (χ0n) is 13.5. The van der Waals surface area contributed by atoms with Gasteiger partial charge in [-0.05, 0) is 56.5 Å². The molecular weight excluding hydrogens is 244 g/mol. The van der Waals surface area contributed by atoms with Crippen molar-refractivity contribution < 1.29 is 0 Å². The van der Waals surface area contributed by atoms with Gasteiger partial charge in [-0.3, -0.25) is 0 Å². The molecule has 0 unspecified atom stereocenters. The van der Waals surface area contributed by atoms with Gasteiger partial charge in [0.05, 0.1) is 0 Å². The maximum absolute atomic E-state index is 3.14. The van der Waals surface area contributed by atoms with Gasteiger partial charge < -0.3 is 10.6 Å². The molecule has 20 heavy (non-hydrogen) atoms. The van der Waals surface area contributed by atoms with Crippen molar-refractivity contribution in [2.75, 3.05) is 24.7 Å². The van der Waals surface area contributed by atoms with Gasteiger partial charge in [-0.2, -0.15) is 0 Å². The number of rotatable bonds is 2. The maximum atomic E-state index is 3.14. The molecule has 0 radical (unpaired) electrons. The van der Waals surface area contributed by atoms with E-state index in [1.807, 2.05) is 14.1 Å². The molecule has 2 N–H and O–H groups in total. The van der Waals surface area contributed by atoms with E-state index in [4.69, 9.17) is 0 Å². The molecule has 0 atom stereocenters. The summed E-state index contributed by atoms with van der Waals surface area (Å²) in [6, 6.07) is 12.8. The third-order valence-corrected chi connectivity index (χ3v) is 3.31. The Hall–Kier alpha value is -1.96. The Balaban J connectivity index is 0.000000200. The maximum Gasteiger partial charge on any atom is 0.0369 e. The largest absolute Gasteiger partial charge is 0.388 e. The predicted molar refractivity (Wildman–Crippen MR) is 90.9 cm³/mol. The van der Waals surface area contributed by atoms with Crippen LogP contribution >= 0.6 is 0 Å². The number of nitrogens with one attached hydrogen (secondary N) is 2. The fraction of sp³-hybridized carbons (Fsp3) is 0.333. The molecule has 0 saturated heterocycles. The molecule has 0 spiro atoms. The van der Waals surface area contributed by atoms with Crippen molar-refractivity contribution in [3.05, 3.63) is 58.7 Å². The third kappa shape index (κ3) is 4.61. The summed E-state index contributed by atoms with van der Waals surface area (Å²) < 4.78 is 0. The van der Waals surface area contributed by atoms with Crippen molar-refractivity contribution in [2.45, 2.75) is 27.7 Å². The highest BCUT2D eigenvalue weighted by Gasteiger charge is 1.93. The first-order chi connectivity index (χ1) is 9.47. The average molecular weight is 270 g/mol. The molecular formula is C18H26N2. The molecule has 2 aromatic rings. The predicted octanol–water partition coefficient (Wildman–Crippen LogP) is 4.69. The lowest BCUT2D eigenvalue weighted by molar-refractivity contribution is 1.35. The smallest absolute Gasteiger partial charge is 0.0369 e. The van der Waals surface area contributed by atoms with Crippen molar-refractivity contribution >= 4 is 11.4 Å². The fourth-order valence-electron chi connectivity index (χ4n) is 2.10. The van der Waals surface area contributed by atoms with Gasteiger partial charge in [-0.25, -0.2) is 0 Å². The minimum Gasteiger partial charge on any atom is -0.388 e. The summed E-state index contributed by atoms with van der Waals surface area (Å²) in [5.74, 6) is 0. The van der Waals surface area contributed by atoms with Crippen LogP contribution in [0.3, 0.4) is 0 Å². The molecule has 2 rings (SSSR count). The van der Waals surface area contributed by atoms with E-state index < -0.39 is 0 Å². The minimum absolute atomic E-state index is 1.21. The summed E-state index contributed by atoms with van der Waals surface area (Å²) in [6.45, 7) is 8.41.